The van der Waals surface area contributed by atoms with Gasteiger partial charge >= 0.3 is 0 Å². The summed E-state index contributed by atoms with van der Waals surface area (Å²) in [6.07, 6.45) is 2.48. The van der Waals surface area contributed by atoms with E-state index >= 15 is 0 Å². The molecular formula is C13H17NO2. The van der Waals surface area contributed by atoms with Crippen molar-refractivity contribution in [3.8, 4) is 11.5 Å². The molecule has 0 aliphatic carbocycles. The molecule has 86 valence electrons. The molecule has 1 atom stereocenters. The Bertz CT molecular complexity index is 397. The fourth-order valence-electron chi connectivity index (χ4n) is 2.53. The summed E-state index contributed by atoms with van der Waals surface area (Å²) in [6.45, 7) is 4.53. The van der Waals surface area contributed by atoms with Crippen LogP contribution in [0.1, 0.15) is 30.0 Å². The lowest BCUT2D eigenvalue weighted by molar-refractivity contribution is 0.170. The second-order valence-electron chi connectivity index (χ2n) is 4.51. The fraction of sp³-hybridized carbons (Fsp3) is 0.538. The van der Waals surface area contributed by atoms with Crippen molar-refractivity contribution >= 4 is 0 Å². The maximum atomic E-state index is 5.65. The van der Waals surface area contributed by atoms with Crippen molar-refractivity contribution in [2.75, 3.05) is 19.8 Å². The van der Waals surface area contributed by atoms with Crippen molar-refractivity contribution < 1.29 is 9.47 Å². The number of fused-ring (bicyclic) bond motifs is 1. The second kappa shape index (κ2) is 3.98. The van der Waals surface area contributed by atoms with Crippen LogP contribution in [0, 0.1) is 6.92 Å². The Labute approximate surface area is 95.8 Å². The predicted octanol–water partition coefficient (Wildman–Crippen LogP) is 2.19. The summed E-state index contributed by atoms with van der Waals surface area (Å²) in [7, 11) is 0. The number of rotatable bonds is 1. The molecule has 1 unspecified atom stereocenters. The van der Waals surface area contributed by atoms with E-state index in [1.54, 1.807) is 0 Å². The van der Waals surface area contributed by atoms with Crippen molar-refractivity contribution in [3.63, 3.8) is 0 Å². The third-order valence-corrected chi connectivity index (χ3v) is 3.31. The minimum Gasteiger partial charge on any atom is -0.486 e. The van der Waals surface area contributed by atoms with Crippen molar-refractivity contribution in [1.29, 1.82) is 0 Å². The lowest BCUT2D eigenvalue weighted by atomic mass is 10.0. The monoisotopic (exact) mass is 219 g/mol. The first kappa shape index (κ1) is 9.97. The zero-order chi connectivity index (χ0) is 11.0. The third-order valence-electron chi connectivity index (χ3n) is 3.31. The van der Waals surface area contributed by atoms with Crippen LogP contribution in [0.5, 0.6) is 11.5 Å². The predicted molar refractivity (Wildman–Crippen MR) is 62.1 cm³/mol. The van der Waals surface area contributed by atoms with E-state index in [0.29, 0.717) is 19.3 Å². The molecular weight excluding hydrogens is 202 g/mol. The van der Waals surface area contributed by atoms with Gasteiger partial charge in [0.1, 0.15) is 13.2 Å². The Hall–Kier alpha value is -1.22. The van der Waals surface area contributed by atoms with E-state index in [2.05, 4.69) is 24.4 Å². The van der Waals surface area contributed by atoms with Crippen molar-refractivity contribution in [1.82, 2.24) is 5.32 Å². The van der Waals surface area contributed by atoms with Gasteiger partial charge in [0, 0.05) is 6.04 Å². The van der Waals surface area contributed by atoms with Gasteiger partial charge in [-0.15, -0.1) is 0 Å². The van der Waals surface area contributed by atoms with Gasteiger partial charge in [0.25, 0.3) is 0 Å². The largest absolute Gasteiger partial charge is 0.486 e. The SMILES string of the molecule is Cc1cc(C2CCCN2)cc2c1OCCO2. The van der Waals surface area contributed by atoms with Crippen LogP contribution >= 0.6 is 0 Å². The number of nitrogens with one attached hydrogen (secondary N) is 1. The standard InChI is InChI=1S/C13H17NO2/c1-9-7-10(11-3-2-4-14-11)8-12-13(9)16-6-5-15-12/h7-8,11,14H,2-6H2,1H3. The molecule has 1 aromatic carbocycles. The summed E-state index contributed by atoms with van der Waals surface area (Å²) >= 11 is 0. The number of ether oxygens (including phenoxy) is 2. The minimum absolute atomic E-state index is 0.495. The molecule has 3 nitrogen and oxygen atoms in total. The van der Waals surface area contributed by atoms with Crippen LogP contribution < -0.4 is 14.8 Å². The van der Waals surface area contributed by atoms with Gasteiger partial charge in [-0.25, -0.2) is 0 Å². The molecule has 2 aliphatic heterocycles. The highest BCUT2D eigenvalue weighted by Crippen LogP contribution is 2.37. The summed E-state index contributed by atoms with van der Waals surface area (Å²) in [5, 5.41) is 3.51. The fourth-order valence-corrected chi connectivity index (χ4v) is 2.53. The van der Waals surface area contributed by atoms with Crippen LogP contribution in [0.25, 0.3) is 0 Å². The lowest BCUT2D eigenvalue weighted by Crippen LogP contribution is -2.18. The molecule has 0 aromatic heterocycles. The van der Waals surface area contributed by atoms with Crippen molar-refractivity contribution in [2.45, 2.75) is 25.8 Å². The Morgan fingerprint density at radius 1 is 1.25 bits per heavy atom. The molecule has 2 aliphatic rings. The molecule has 0 bridgehead atoms. The van der Waals surface area contributed by atoms with Crippen LogP contribution in [-0.4, -0.2) is 19.8 Å². The van der Waals surface area contributed by atoms with Crippen LogP contribution in [-0.2, 0) is 0 Å². The number of hydrogen-bond donors (Lipinski definition) is 1. The topological polar surface area (TPSA) is 30.5 Å². The highest BCUT2D eigenvalue weighted by molar-refractivity contribution is 5.50. The van der Waals surface area contributed by atoms with Gasteiger partial charge in [-0.2, -0.15) is 0 Å². The van der Waals surface area contributed by atoms with Gasteiger partial charge in [0.15, 0.2) is 11.5 Å². The van der Waals surface area contributed by atoms with Crippen molar-refractivity contribution in [2.24, 2.45) is 0 Å². The van der Waals surface area contributed by atoms with Crippen molar-refractivity contribution in [3.05, 3.63) is 23.3 Å². The smallest absolute Gasteiger partial charge is 0.164 e. The van der Waals surface area contributed by atoms with E-state index < -0.39 is 0 Å². The van der Waals surface area contributed by atoms with Gasteiger partial charge in [-0.3, -0.25) is 0 Å². The van der Waals surface area contributed by atoms with E-state index in [0.717, 1.165) is 18.0 Å². The second-order valence-corrected chi connectivity index (χ2v) is 4.51. The highest BCUT2D eigenvalue weighted by Gasteiger charge is 2.21. The van der Waals surface area contributed by atoms with E-state index in [1.807, 2.05) is 0 Å². The zero-order valence-corrected chi connectivity index (χ0v) is 9.58. The third kappa shape index (κ3) is 1.65. The normalized spacial score (nSPS) is 23.4. The molecule has 3 heteroatoms. The first-order chi connectivity index (χ1) is 7.84. The summed E-state index contributed by atoms with van der Waals surface area (Å²) in [4.78, 5) is 0. The molecule has 16 heavy (non-hydrogen) atoms. The first-order valence-corrected chi connectivity index (χ1v) is 5.98. The molecule has 3 rings (SSSR count). The van der Waals surface area contributed by atoms with Gasteiger partial charge in [-0.05, 0) is 43.5 Å². The molecule has 1 aromatic rings. The van der Waals surface area contributed by atoms with Gasteiger partial charge in [-0.1, -0.05) is 6.07 Å². The molecule has 0 spiro atoms. The first-order valence-electron chi connectivity index (χ1n) is 5.98. The lowest BCUT2D eigenvalue weighted by Gasteiger charge is -2.22. The van der Waals surface area contributed by atoms with E-state index in [9.17, 15) is 0 Å². The molecule has 1 saturated heterocycles. The summed E-state index contributed by atoms with van der Waals surface area (Å²) in [5.74, 6) is 1.84. The maximum Gasteiger partial charge on any atom is 0.164 e. The number of benzene rings is 1. The molecule has 0 radical (unpaired) electrons. The summed E-state index contributed by atoms with van der Waals surface area (Å²) in [6, 6.07) is 4.84. The van der Waals surface area contributed by atoms with Gasteiger partial charge < -0.3 is 14.8 Å². The van der Waals surface area contributed by atoms with E-state index in [1.165, 1.54) is 24.0 Å². The van der Waals surface area contributed by atoms with Crippen LogP contribution in [0.15, 0.2) is 12.1 Å². The molecule has 2 heterocycles. The minimum atomic E-state index is 0.495. The van der Waals surface area contributed by atoms with Crippen LogP contribution in [0.2, 0.25) is 0 Å². The summed E-state index contributed by atoms with van der Waals surface area (Å²) < 4.78 is 11.3. The van der Waals surface area contributed by atoms with Gasteiger partial charge in [0.05, 0.1) is 0 Å². The Morgan fingerprint density at radius 2 is 2.12 bits per heavy atom. The highest BCUT2D eigenvalue weighted by atomic mass is 16.6. The molecule has 1 fully saturated rings. The molecule has 0 saturated carbocycles. The van der Waals surface area contributed by atoms with Crippen LogP contribution in [0.4, 0.5) is 0 Å². The molecule has 1 N–H and O–H groups in total. The Morgan fingerprint density at radius 3 is 2.94 bits per heavy atom. The Kier molecular flexibility index (Phi) is 2.48. The number of hydrogen-bond acceptors (Lipinski definition) is 3. The summed E-state index contributed by atoms with van der Waals surface area (Å²) in [5.41, 5.74) is 2.51. The quantitative estimate of drug-likeness (QED) is 0.785. The Balaban J connectivity index is 1.97. The number of aryl methyl sites for hydroxylation is 1. The van der Waals surface area contributed by atoms with E-state index in [4.69, 9.17) is 9.47 Å². The zero-order valence-electron chi connectivity index (χ0n) is 9.58. The van der Waals surface area contributed by atoms with Gasteiger partial charge in [0.2, 0.25) is 0 Å². The maximum absolute atomic E-state index is 5.65. The average molecular weight is 219 g/mol. The van der Waals surface area contributed by atoms with Crippen LogP contribution in [0.3, 0.4) is 0 Å². The molecule has 0 amide bonds. The van der Waals surface area contributed by atoms with E-state index in [-0.39, 0.29) is 0 Å². The average Bonchev–Trinajstić information content (AvgIpc) is 2.82.